The zero-order valence-electron chi connectivity index (χ0n) is 12.4. The Morgan fingerprint density at radius 1 is 0.957 bits per heavy atom. The number of carbonyl (C=O) groups excluding carboxylic acids is 1. The van der Waals surface area contributed by atoms with Crippen molar-refractivity contribution in [1.82, 2.24) is 10.6 Å². The SMILES string of the molecule is O=C(CNCCc1ccc(Cl)cc1Cl)NCc1ccc(Cl)cc1. The number of rotatable bonds is 7. The molecular weight excluding hydrogens is 355 g/mol. The second-order valence-corrected chi connectivity index (χ2v) is 6.35. The molecule has 2 aromatic carbocycles. The summed E-state index contributed by atoms with van der Waals surface area (Å²) in [7, 11) is 0. The van der Waals surface area contributed by atoms with Gasteiger partial charge in [0.15, 0.2) is 0 Å². The standard InChI is InChI=1S/C17H17Cl3N2O/c18-14-4-1-12(2-5-14)10-22-17(23)11-21-8-7-13-3-6-15(19)9-16(13)20/h1-6,9,21H,7-8,10-11H2,(H,22,23). The molecular formula is C17H17Cl3N2O. The number of benzene rings is 2. The summed E-state index contributed by atoms with van der Waals surface area (Å²) in [6, 6.07) is 12.8. The molecule has 0 aliphatic carbocycles. The van der Waals surface area contributed by atoms with E-state index in [1.54, 1.807) is 18.2 Å². The van der Waals surface area contributed by atoms with Crippen molar-refractivity contribution < 1.29 is 4.79 Å². The third kappa shape index (κ3) is 6.40. The molecule has 2 rings (SSSR count). The van der Waals surface area contributed by atoms with Crippen LogP contribution in [0.15, 0.2) is 42.5 Å². The molecule has 0 aliphatic heterocycles. The van der Waals surface area contributed by atoms with Gasteiger partial charge in [-0.15, -0.1) is 0 Å². The van der Waals surface area contributed by atoms with Crippen molar-refractivity contribution in [2.24, 2.45) is 0 Å². The summed E-state index contributed by atoms with van der Waals surface area (Å²) in [6.07, 6.45) is 0.737. The smallest absolute Gasteiger partial charge is 0.234 e. The predicted octanol–water partition coefficient (Wildman–Crippen LogP) is 4.10. The lowest BCUT2D eigenvalue weighted by Crippen LogP contribution is -2.34. The summed E-state index contributed by atoms with van der Waals surface area (Å²) in [5.74, 6) is -0.0536. The highest BCUT2D eigenvalue weighted by Gasteiger charge is 2.03. The van der Waals surface area contributed by atoms with E-state index in [0.29, 0.717) is 28.2 Å². The largest absolute Gasteiger partial charge is 0.351 e. The molecule has 122 valence electrons. The Morgan fingerprint density at radius 2 is 1.65 bits per heavy atom. The van der Waals surface area contributed by atoms with Gasteiger partial charge in [0.05, 0.1) is 6.54 Å². The Hall–Kier alpha value is -1.26. The summed E-state index contributed by atoms with van der Waals surface area (Å²) >= 11 is 17.8. The lowest BCUT2D eigenvalue weighted by molar-refractivity contribution is -0.120. The quantitative estimate of drug-likeness (QED) is 0.720. The fraction of sp³-hybridized carbons (Fsp3) is 0.235. The van der Waals surface area contributed by atoms with Crippen LogP contribution in [0.3, 0.4) is 0 Å². The monoisotopic (exact) mass is 370 g/mol. The minimum atomic E-state index is -0.0536. The van der Waals surface area contributed by atoms with Crippen molar-refractivity contribution in [3.8, 4) is 0 Å². The second kappa shape index (κ2) is 9.14. The highest BCUT2D eigenvalue weighted by Crippen LogP contribution is 2.20. The van der Waals surface area contributed by atoms with Crippen LogP contribution in [0.4, 0.5) is 0 Å². The van der Waals surface area contributed by atoms with Crippen LogP contribution in [0, 0.1) is 0 Å². The Balaban J connectivity index is 1.65. The highest BCUT2D eigenvalue weighted by molar-refractivity contribution is 6.35. The van der Waals surface area contributed by atoms with Crippen LogP contribution in [0.1, 0.15) is 11.1 Å². The molecule has 3 nitrogen and oxygen atoms in total. The van der Waals surface area contributed by atoms with E-state index in [-0.39, 0.29) is 12.5 Å². The fourth-order valence-electron chi connectivity index (χ4n) is 2.01. The number of halogens is 3. The first-order valence-corrected chi connectivity index (χ1v) is 8.34. The van der Waals surface area contributed by atoms with Gasteiger partial charge in [-0.3, -0.25) is 4.79 Å². The summed E-state index contributed by atoms with van der Waals surface area (Å²) in [5, 5.41) is 7.89. The molecule has 0 radical (unpaired) electrons. The number of amides is 1. The Bertz CT molecular complexity index is 659. The molecule has 2 N–H and O–H groups in total. The molecule has 0 saturated heterocycles. The Morgan fingerprint density at radius 3 is 2.35 bits per heavy atom. The lowest BCUT2D eigenvalue weighted by Gasteiger charge is -2.08. The first kappa shape index (κ1) is 18.1. The zero-order chi connectivity index (χ0) is 16.7. The summed E-state index contributed by atoms with van der Waals surface area (Å²) in [4.78, 5) is 11.8. The molecule has 23 heavy (non-hydrogen) atoms. The van der Waals surface area contributed by atoms with Crippen LogP contribution in [-0.2, 0) is 17.8 Å². The molecule has 0 bridgehead atoms. The highest BCUT2D eigenvalue weighted by atomic mass is 35.5. The minimum Gasteiger partial charge on any atom is -0.351 e. The van der Waals surface area contributed by atoms with E-state index < -0.39 is 0 Å². The summed E-state index contributed by atoms with van der Waals surface area (Å²) in [5.41, 5.74) is 2.01. The van der Waals surface area contributed by atoms with Crippen LogP contribution in [-0.4, -0.2) is 19.0 Å². The van der Waals surface area contributed by atoms with E-state index in [0.717, 1.165) is 17.5 Å². The van der Waals surface area contributed by atoms with Gasteiger partial charge in [-0.05, 0) is 48.4 Å². The van der Waals surface area contributed by atoms with Crippen LogP contribution in [0.2, 0.25) is 15.1 Å². The third-order valence-corrected chi connectivity index (χ3v) is 4.11. The first-order chi connectivity index (χ1) is 11.0. The molecule has 0 saturated carbocycles. The van der Waals surface area contributed by atoms with E-state index in [4.69, 9.17) is 34.8 Å². The number of hydrogen-bond donors (Lipinski definition) is 2. The average molecular weight is 372 g/mol. The van der Waals surface area contributed by atoms with Gasteiger partial charge in [-0.2, -0.15) is 0 Å². The topological polar surface area (TPSA) is 41.1 Å². The van der Waals surface area contributed by atoms with Gasteiger partial charge in [0.25, 0.3) is 0 Å². The van der Waals surface area contributed by atoms with Gasteiger partial charge in [0.2, 0.25) is 5.91 Å². The van der Waals surface area contributed by atoms with Crippen LogP contribution < -0.4 is 10.6 Å². The van der Waals surface area contributed by atoms with E-state index in [1.165, 1.54) is 0 Å². The summed E-state index contributed by atoms with van der Waals surface area (Å²) < 4.78 is 0. The molecule has 0 aliphatic rings. The molecule has 0 heterocycles. The van der Waals surface area contributed by atoms with Crippen molar-refractivity contribution in [1.29, 1.82) is 0 Å². The normalized spacial score (nSPS) is 10.6. The van der Waals surface area contributed by atoms with E-state index in [9.17, 15) is 4.79 Å². The second-order valence-electron chi connectivity index (χ2n) is 5.07. The molecule has 1 amide bonds. The maximum absolute atomic E-state index is 11.8. The van der Waals surface area contributed by atoms with Crippen LogP contribution >= 0.6 is 34.8 Å². The Kier molecular flexibility index (Phi) is 7.18. The summed E-state index contributed by atoms with van der Waals surface area (Å²) in [6.45, 7) is 1.41. The fourth-order valence-corrected chi connectivity index (χ4v) is 2.64. The van der Waals surface area contributed by atoms with Gasteiger partial charge in [-0.25, -0.2) is 0 Å². The number of carbonyl (C=O) groups is 1. The van der Waals surface area contributed by atoms with Crippen molar-refractivity contribution in [3.05, 3.63) is 68.7 Å². The van der Waals surface area contributed by atoms with Gasteiger partial charge in [-0.1, -0.05) is 53.0 Å². The van der Waals surface area contributed by atoms with E-state index >= 15 is 0 Å². The van der Waals surface area contributed by atoms with Crippen LogP contribution in [0.5, 0.6) is 0 Å². The molecule has 6 heteroatoms. The molecule has 0 aromatic heterocycles. The van der Waals surface area contributed by atoms with Gasteiger partial charge < -0.3 is 10.6 Å². The maximum Gasteiger partial charge on any atom is 0.234 e. The Labute approximate surface area is 150 Å². The van der Waals surface area contributed by atoms with Gasteiger partial charge in [0.1, 0.15) is 0 Å². The lowest BCUT2D eigenvalue weighted by atomic mass is 10.1. The predicted molar refractivity (Wildman–Crippen MR) is 96.3 cm³/mol. The van der Waals surface area contributed by atoms with Crippen molar-refractivity contribution in [3.63, 3.8) is 0 Å². The van der Waals surface area contributed by atoms with Gasteiger partial charge in [0, 0.05) is 21.6 Å². The molecule has 0 spiro atoms. The third-order valence-electron chi connectivity index (χ3n) is 3.27. The first-order valence-electron chi connectivity index (χ1n) is 7.20. The zero-order valence-corrected chi connectivity index (χ0v) is 14.7. The molecule has 2 aromatic rings. The van der Waals surface area contributed by atoms with Crippen molar-refractivity contribution in [2.45, 2.75) is 13.0 Å². The molecule has 0 fully saturated rings. The number of nitrogens with one attached hydrogen (secondary N) is 2. The van der Waals surface area contributed by atoms with Crippen molar-refractivity contribution >= 4 is 40.7 Å². The average Bonchev–Trinajstić information content (AvgIpc) is 2.52. The van der Waals surface area contributed by atoms with E-state index in [1.807, 2.05) is 24.3 Å². The maximum atomic E-state index is 11.8. The van der Waals surface area contributed by atoms with Gasteiger partial charge >= 0.3 is 0 Å². The van der Waals surface area contributed by atoms with E-state index in [2.05, 4.69) is 10.6 Å². The minimum absolute atomic E-state index is 0.0536. The molecule has 0 atom stereocenters. The van der Waals surface area contributed by atoms with Crippen molar-refractivity contribution in [2.75, 3.05) is 13.1 Å². The van der Waals surface area contributed by atoms with Crippen LogP contribution in [0.25, 0.3) is 0 Å². The molecule has 0 unspecified atom stereocenters. The number of hydrogen-bond acceptors (Lipinski definition) is 2.